The van der Waals surface area contributed by atoms with Crippen LogP contribution >= 0.6 is 0 Å². The maximum Gasteiger partial charge on any atom is 0.272 e. The molecule has 0 radical (unpaired) electrons. The molecule has 0 atom stereocenters. The lowest BCUT2D eigenvalue weighted by molar-refractivity contribution is 0.0736. The third-order valence-corrected chi connectivity index (χ3v) is 14.7. The summed E-state index contributed by atoms with van der Waals surface area (Å²) in [6.07, 6.45) is 51.4. The molecule has 0 fully saturated rings. The number of pyridine rings is 2. The second-order valence-electron chi connectivity index (χ2n) is 20.9. The largest absolute Gasteiger partial charge is 0.337 e. The van der Waals surface area contributed by atoms with Crippen molar-refractivity contribution in [3.63, 3.8) is 0 Å². The van der Waals surface area contributed by atoms with Crippen LogP contribution in [-0.2, 0) is 0 Å². The highest BCUT2D eigenvalue weighted by molar-refractivity contribution is 6.06. The molecule has 2 heterocycles. The Labute approximate surface area is 419 Å². The molecule has 0 aliphatic rings. The Morgan fingerprint density at radius 2 is 0.485 bits per heavy atom. The van der Waals surface area contributed by atoms with Gasteiger partial charge in [0.25, 0.3) is 11.8 Å². The van der Waals surface area contributed by atoms with Crippen LogP contribution in [0.4, 0.5) is 0 Å². The van der Waals surface area contributed by atoms with Crippen LogP contribution in [-0.4, -0.2) is 57.8 Å². The van der Waals surface area contributed by atoms with E-state index in [1.165, 1.54) is 231 Å². The van der Waals surface area contributed by atoms with Gasteiger partial charge in [0.2, 0.25) is 0 Å². The van der Waals surface area contributed by atoms with Gasteiger partial charge in [0.15, 0.2) is 0 Å². The summed E-state index contributed by atoms with van der Waals surface area (Å²) in [6, 6.07) is 12.1. The molecule has 0 saturated carbocycles. The summed E-state index contributed by atoms with van der Waals surface area (Å²) in [5, 5.41) is 1.91. The number of unbranched alkanes of at least 4 members (excludes halogenated alkanes) is 36. The zero-order valence-electron chi connectivity index (χ0n) is 45.2. The van der Waals surface area contributed by atoms with E-state index in [0.29, 0.717) is 11.4 Å². The molecule has 386 valence electrons. The van der Waals surface area contributed by atoms with Gasteiger partial charge in [-0.1, -0.05) is 283 Å². The van der Waals surface area contributed by atoms with E-state index in [1.54, 1.807) is 0 Å². The van der Waals surface area contributed by atoms with Gasteiger partial charge in [-0.3, -0.25) is 9.59 Å². The number of rotatable bonds is 46. The number of amides is 2. The molecule has 0 saturated heterocycles. The van der Waals surface area contributed by atoms with E-state index in [1.807, 2.05) is 24.3 Å². The maximum absolute atomic E-state index is 14.4. The summed E-state index contributed by atoms with van der Waals surface area (Å²) in [7, 11) is 0. The van der Waals surface area contributed by atoms with Gasteiger partial charge < -0.3 is 9.80 Å². The number of benzene rings is 1. The predicted molar refractivity (Wildman–Crippen MR) is 296 cm³/mol. The van der Waals surface area contributed by atoms with E-state index in [4.69, 9.17) is 9.97 Å². The van der Waals surface area contributed by atoms with Crippen LogP contribution in [0, 0.1) is 0 Å². The molecule has 0 aliphatic carbocycles. The third-order valence-electron chi connectivity index (χ3n) is 14.7. The molecule has 3 rings (SSSR count). The van der Waals surface area contributed by atoms with Crippen LogP contribution in [0.3, 0.4) is 0 Å². The summed E-state index contributed by atoms with van der Waals surface area (Å²) in [6.45, 7) is 12.3. The lowest BCUT2D eigenvalue weighted by Crippen LogP contribution is -2.33. The van der Waals surface area contributed by atoms with Crippen molar-refractivity contribution >= 4 is 33.6 Å². The van der Waals surface area contributed by atoms with Gasteiger partial charge in [-0.05, 0) is 37.8 Å². The number of hydrogen-bond donors (Lipinski definition) is 0. The normalized spacial score (nSPS) is 11.6. The molecule has 3 aromatic rings. The number of hydrogen-bond acceptors (Lipinski definition) is 4. The van der Waals surface area contributed by atoms with Crippen molar-refractivity contribution in [3.05, 3.63) is 47.8 Å². The number of fused-ring (bicyclic) bond motifs is 3. The number of nitrogens with zero attached hydrogens (tertiary/aromatic N) is 4. The average molecular weight is 940 g/mol. The van der Waals surface area contributed by atoms with Gasteiger partial charge in [-0.25, -0.2) is 9.97 Å². The van der Waals surface area contributed by atoms with Gasteiger partial charge in [0.05, 0.1) is 11.0 Å². The van der Waals surface area contributed by atoms with Gasteiger partial charge in [-0.15, -0.1) is 0 Å². The topological polar surface area (TPSA) is 66.4 Å². The minimum Gasteiger partial charge on any atom is -0.337 e. The Hall–Kier alpha value is -3.02. The number of aromatic nitrogens is 2. The molecule has 2 aromatic heterocycles. The first kappa shape index (κ1) is 59.3. The smallest absolute Gasteiger partial charge is 0.272 e. The van der Waals surface area contributed by atoms with Gasteiger partial charge in [0.1, 0.15) is 11.4 Å². The summed E-state index contributed by atoms with van der Waals surface area (Å²) in [5.74, 6) is 0.0595. The molecular weight excluding hydrogens is 833 g/mol. The van der Waals surface area contributed by atoms with Crippen molar-refractivity contribution in [2.24, 2.45) is 0 Å². The SMILES string of the molecule is CCCCCCCCCCCCN(CCCCCCCCCCCC)C(=O)c1ccc2ccc3ccc(C(=O)N(CCCCCCCCCCCC)CCCCCCCCCCCC)nc3c2n1. The molecule has 0 N–H and O–H groups in total. The first-order chi connectivity index (χ1) is 33.5. The van der Waals surface area contributed by atoms with E-state index in [9.17, 15) is 9.59 Å². The Bertz CT molecular complexity index is 1520. The Balaban J connectivity index is 1.70. The summed E-state index contributed by atoms with van der Waals surface area (Å²) in [5.41, 5.74) is 2.42. The quantitative estimate of drug-likeness (QED) is 0.0418. The van der Waals surface area contributed by atoms with Gasteiger partial charge in [-0.2, -0.15) is 0 Å². The minimum absolute atomic E-state index is 0.0298. The van der Waals surface area contributed by atoms with Crippen molar-refractivity contribution in [2.75, 3.05) is 26.2 Å². The molecule has 0 spiro atoms. The second kappa shape index (κ2) is 40.7. The fourth-order valence-corrected chi connectivity index (χ4v) is 10.1. The molecular formula is C62H106N4O2. The van der Waals surface area contributed by atoms with Crippen LogP contribution in [0.5, 0.6) is 0 Å². The molecule has 1 aromatic carbocycles. The number of carbonyl (C=O) groups is 2. The summed E-state index contributed by atoms with van der Waals surface area (Å²) < 4.78 is 0. The first-order valence-electron chi connectivity index (χ1n) is 29.8. The standard InChI is InChI=1S/C62H106N4O2/c1-5-9-13-17-21-25-29-33-37-41-51-65(52-42-38-34-30-26-22-18-14-10-6-2)61(67)57-49-47-55-45-46-56-48-50-58(64-60(56)59(55)63-57)62(68)66(53-43-39-35-31-27-23-19-15-11-7-3)54-44-40-36-32-28-24-20-16-12-8-4/h45-50H,5-44,51-54H2,1-4H3. The molecule has 6 nitrogen and oxygen atoms in total. The molecule has 2 amide bonds. The second-order valence-corrected chi connectivity index (χ2v) is 20.9. The van der Waals surface area contributed by atoms with Crippen LogP contribution in [0.25, 0.3) is 21.8 Å². The highest BCUT2D eigenvalue weighted by Crippen LogP contribution is 2.25. The lowest BCUT2D eigenvalue weighted by atomic mass is 10.1. The first-order valence-corrected chi connectivity index (χ1v) is 29.8. The van der Waals surface area contributed by atoms with Crippen molar-refractivity contribution < 1.29 is 9.59 Å². The van der Waals surface area contributed by atoms with Crippen molar-refractivity contribution in [1.29, 1.82) is 0 Å². The zero-order valence-corrected chi connectivity index (χ0v) is 45.2. The van der Waals surface area contributed by atoms with Crippen molar-refractivity contribution in [1.82, 2.24) is 19.8 Å². The molecule has 0 unspecified atom stereocenters. The average Bonchev–Trinajstić information content (AvgIpc) is 3.36. The minimum atomic E-state index is 0.0298. The fraction of sp³-hybridized carbons (Fsp3) is 0.774. The highest BCUT2D eigenvalue weighted by atomic mass is 16.2. The Kier molecular flexibility index (Phi) is 35.5. The van der Waals surface area contributed by atoms with Crippen LogP contribution in [0.15, 0.2) is 36.4 Å². The summed E-state index contributed by atoms with van der Waals surface area (Å²) >= 11 is 0. The van der Waals surface area contributed by atoms with E-state index in [-0.39, 0.29) is 11.8 Å². The van der Waals surface area contributed by atoms with Gasteiger partial charge in [0, 0.05) is 37.0 Å². The van der Waals surface area contributed by atoms with E-state index in [2.05, 4.69) is 49.6 Å². The Morgan fingerprint density at radius 3 is 0.706 bits per heavy atom. The van der Waals surface area contributed by atoms with E-state index < -0.39 is 0 Å². The lowest BCUT2D eigenvalue weighted by Gasteiger charge is -2.23. The predicted octanol–water partition coefficient (Wildman–Crippen LogP) is 19.4. The van der Waals surface area contributed by atoms with Crippen molar-refractivity contribution in [3.8, 4) is 0 Å². The zero-order chi connectivity index (χ0) is 48.5. The third kappa shape index (κ3) is 26.3. The molecule has 68 heavy (non-hydrogen) atoms. The number of carbonyl (C=O) groups excluding carboxylic acids is 2. The Morgan fingerprint density at radius 1 is 0.294 bits per heavy atom. The van der Waals surface area contributed by atoms with Crippen LogP contribution in [0.2, 0.25) is 0 Å². The van der Waals surface area contributed by atoms with E-state index >= 15 is 0 Å². The molecule has 6 heteroatoms. The van der Waals surface area contributed by atoms with E-state index in [0.717, 1.165) is 73.7 Å². The molecule has 0 bridgehead atoms. The molecule has 0 aliphatic heterocycles. The highest BCUT2D eigenvalue weighted by Gasteiger charge is 2.21. The fourth-order valence-electron chi connectivity index (χ4n) is 10.1. The maximum atomic E-state index is 14.4. The van der Waals surface area contributed by atoms with Crippen LogP contribution < -0.4 is 0 Å². The summed E-state index contributed by atoms with van der Waals surface area (Å²) in [4.78, 5) is 43.2. The van der Waals surface area contributed by atoms with Crippen LogP contribution in [0.1, 0.15) is 306 Å². The van der Waals surface area contributed by atoms with Crippen molar-refractivity contribution in [2.45, 2.75) is 285 Å². The monoisotopic (exact) mass is 939 g/mol. The van der Waals surface area contributed by atoms with Gasteiger partial charge >= 0.3 is 0 Å².